The van der Waals surface area contributed by atoms with Crippen molar-refractivity contribution in [1.29, 1.82) is 0 Å². The number of nitrogens with zero attached hydrogens (tertiary/aromatic N) is 2. The maximum atomic E-state index is 13.9. The summed E-state index contributed by atoms with van der Waals surface area (Å²) in [5, 5.41) is 2.50. The Morgan fingerprint density at radius 2 is 1.69 bits per heavy atom. The number of hydrogen-bond acceptors (Lipinski definition) is 3. The van der Waals surface area contributed by atoms with E-state index in [0.29, 0.717) is 18.0 Å². The number of benzene rings is 3. The second-order valence-electron chi connectivity index (χ2n) is 6.43. The van der Waals surface area contributed by atoms with Gasteiger partial charge in [-0.1, -0.05) is 54.6 Å². The third-order valence-electron chi connectivity index (χ3n) is 4.41. The van der Waals surface area contributed by atoms with Gasteiger partial charge in [0.2, 0.25) is 5.89 Å². The molecule has 0 fully saturated rings. The lowest BCUT2D eigenvalue weighted by atomic mass is 10.0. The standard InChI is InChI=1S/C22H19FN2O/c1-25(13-17-9-6-8-16-7-2-3-10-19(16)17)14-18-15-26-22(24-18)20-11-4-5-12-21(20)23/h2-12,15H,13-14H2,1H3. The van der Waals surface area contributed by atoms with Gasteiger partial charge in [0.1, 0.15) is 12.1 Å². The molecule has 1 aromatic heterocycles. The van der Waals surface area contributed by atoms with Crippen molar-refractivity contribution in [2.24, 2.45) is 0 Å². The summed E-state index contributed by atoms with van der Waals surface area (Å²) < 4.78 is 19.3. The van der Waals surface area contributed by atoms with E-state index in [9.17, 15) is 4.39 Å². The van der Waals surface area contributed by atoms with Crippen LogP contribution >= 0.6 is 0 Å². The van der Waals surface area contributed by atoms with Crippen molar-refractivity contribution in [1.82, 2.24) is 9.88 Å². The van der Waals surface area contributed by atoms with Crippen LogP contribution in [-0.2, 0) is 13.1 Å². The monoisotopic (exact) mass is 346 g/mol. The summed E-state index contributed by atoms with van der Waals surface area (Å²) >= 11 is 0. The minimum absolute atomic E-state index is 0.316. The molecule has 4 heteroatoms. The van der Waals surface area contributed by atoms with Crippen LogP contribution in [0.2, 0.25) is 0 Å². The quantitative estimate of drug-likeness (QED) is 0.493. The highest BCUT2D eigenvalue weighted by molar-refractivity contribution is 5.85. The molecule has 3 nitrogen and oxygen atoms in total. The number of fused-ring (bicyclic) bond motifs is 1. The summed E-state index contributed by atoms with van der Waals surface area (Å²) in [7, 11) is 2.04. The van der Waals surface area contributed by atoms with Crippen molar-refractivity contribution >= 4 is 10.8 Å². The van der Waals surface area contributed by atoms with Gasteiger partial charge in [-0.25, -0.2) is 9.37 Å². The molecule has 0 aliphatic heterocycles. The molecule has 3 aromatic carbocycles. The minimum atomic E-state index is -0.329. The van der Waals surface area contributed by atoms with Crippen LogP contribution in [0.4, 0.5) is 4.39 Å². The Morgan fingerprint density at radius 3 is 2.58 bits per heavy atom. The van der Waals surface area contributed by atoms with Gasteiger partial charge in [0.25, 0.3) is 0 Å². The molecule has 0 saturated heterocycles. The molecule has 0 N–H and O–H groups in total. The van der Waals surface area contributed by atoms with Crippen molar-refractivity contribution in [3.05, 3.63) is 90.1 Å². The van der Waals surface area contributed by atoms with E-state index in [1.807, 2.05) is 7.05 Å². The molecule has 0 saturated carbocycles. The second-order valence-corrected chi connectivity index (χ2v) is 6.43. The summed E-state index contributed by atoms with van der Waals surface area (Å²) in [4.78, 5) is 6.61. The van der Waals surface area contributed by atoms with Crippen LogP contribution in [-0.4, -0.2) is 16.9 Å². The molecule has 0 bridgehead atoms. The van der Waals surface area contributed by atoms with Crippen molar-refractivity contribution in [2.75, 3.05) is 7.05 Å². The highest BCUT2D eigenvalue weighted by Crippen LogP contribution is 2.23. The van der Waals surface area contributed by atoms with E-state index in [-0.39, 0.29) is 5.82 Å². The predicted octanol–water partition coefficient (Wildman–Crippen LogP) is 5.27. The first-order valence-electron chi connectivity index (χ1n) is 8.55. The fraction of sp³-hybridized carbons (Fsp3) is 0.136. The molecule has 0 aliphatic carbocycles. The molecule has 0 radical (unpaired) electrons. The molecule has 0 atom stereocenters. The number of hydrogen-bond donors (Lipinski definition) is 0. The lowest BCUT2D eigenvalue weighted by Crippen LogP contribution is -2.17. The van der Waals surface area contributed by atoms with Crippen molar-refractivity contribution in [3.63, 3.8) is 0 Å². The average Bonchev–Trinajstić information content (AvgIpc) is 3.10. The summed E-state index contributed by atoms with van der Waals surface area (Å²) in [5.41, 5.74) is 2.44. The highest BCUT2D eigenvalue weighted by atomic mass is 19.1. The first-order chi connectivity index (χ1) is 12.7. The van der Waals surface area contributed by atoms with Crippen LogP contribution in [0.1, 0.15) is 11.3 Å². The lowest BCUT2D eigenvalue weighted by molar-refractivity contribution is 0.316. The van der Waals surface area contributed by atoms with Gasteiger partial charge in [-0.3, -0.25) is 4.90 Å². The maximum absolute atomic E-state index is 13.9. The van der Waals surface area contributed by atoms with Crippen molar-refractivity contribution < 1.29 is 8.81 Å². The Balaban J connectivity index is 1.50. The van der Waals surface area contributed by atoms with E-state index in [1.165, 1.54) is 22.4 Å². The fourth-order valence-corrected chi connectivity index (χ4v) is 3.19. The Kier molecular flexibility index (Phi) is 4.50. The number of rotatable bonds is 5. The summed E-state index contributed by atoms with van der Waals surface area (Å²) in [6.07, 6.45) is 1.60. The normalized spacial score (nSPS) is 11.3. The largest absolute Gasteiger partial charge is 0.444 e. The minimum Gasteiger partial charge on any atom is -0.444 e. The van der Waals surface area contributed by atoms with Gasteiger partial charge in [0.15, 0.2) is 0 Å². The SMILES string of the molecule is CN(Cc1coc(-c2ccccc2F)n1)Cc1cccc2ccccc12. The molecular weight excluding hydrogens is 327 g/mol. The van der Waals surface area contributed by atoms with E-state index >= 15 is 0 Å². The number of halogens is 1. The summed E-state index contributed by atoms with van der Waals surface area (Å²) in [6, 6.07) is 21.2. The van der Waals surface area contributed by atoms with Gasteiger partial charge in [0, 0.05) is 13.1 Å². The summed E-state index contributed by atoms with van der Waals surface area (Å²) in [6.45, 7) is 1.42. The second kappa shape index (κ2) is 7.10. The lowest BCUT2D eigenvalue weighted by Gasteiger charge is -2.16. The van der Waals surface area contributed by atoms with Gasteiger partial charge in [0.05, 0.1) is 11.3 Å². The average molecular weight is 346 g/mol. The highest BCUT2D eigenvalue weighted by Gasteiger charge is 2.12. The Labute approximate surface area is 151 Å². The zero-order valence-electron chi connectivity index (χ0n) is 14.5. The fourth-order valence-electron chi connectivity index (χ4n) is 3.19. The molecule has 0 amide bonds. The third kappa shape index (κ3) is 3.37. The molecule has 0 unspecified atom stereocenters. The number of oxazole rings is 1. The first kappa shape index (κ1) is 16.5. The van der Waals surface area contributed by atoms with Gasteiger partial charge in [-0.15, -0.1) is 0 Å². The Bertz CT molecular complexity index is 1040. The van der Waals surface area contributed by atoms with Crippen LogP contribution in [0.25, 0.3) is 22.2 Å². The van der Waals surface area contributed by atoms with Crippen LogP contribution in [0.5, 0.6) is 0 Å². The van der Waals surface area contributed by atoms with Crippen LogP contribution in [0, 0.1) is 5.82 Å². The summed E-state index contributed by atoms with van der Waals surface area (Å²) in [5.74, 6) is -0.0123. The van der Waals surface area contributed by atoms with Gasteiger partial charge in [-0.2, -0.15) is 0 Å². The predicted molar refractivity (Wildman–Crippen MR) is 101 cm³/mol. The van der Waals surface area contributed by atoms with E-state index in [2.05, 4.69) is 52.3 Å². The van der Waals surface area contributed by atoms with E-state index in [0.717, 1.165) is 12.2 Å². The molecular formula is C22H19FN2O. The third-order valence-corrected chi connectivity index (χ3v) is 4.41. The molecule has 130 valence electrons. The van der Waals surface area contributed by atoms with E-state index < -0.39 is 0 Å². The molecule has 0 aliphatic rings. The Morgan fingerprint density at radius 1 is 0.923 bits per heavy atom. The number of aromatic nitrogens is 1. The van der Waals surface area contributed by atoms with E-state index in [1.54, 1.807) is 24.5 Å². The molecule has 1 heterocycles. The Hall–Kier alpha value is -2.98. The zero-order chi connectivity index (χ0) is 17.9. The smallest absolute Gasteiger partial charge is 0.229 e. The first-order valence-corrected chi connectivity index (χ1v) is 8.55. The van der Waals surface area contributed by atoms with Crippen LogP contribution in [0.15, 0.2) is 77.4 Å². The van der Waals surface area contributed by atoms with Crippen LogP contribution in [0.3, 0.4) is 0 Å². The van der Waals surface area contributed by atoms with Gasteiger partial charge in [-0.05, 0) is 35.5 Å². The van der Waals surface area contributed by atoms with Gasteiger partial charge >= 0.3 is 0 Å². The topological polar surface area (TPSA) is 29.3 Å². The molecule has 0 spiro atoms. The van der Waals surface area contributed by atoms with Crippen molar-refractivity contribution in [3.8, 4) is 11.5 Å². The van der Waals surface area contributed by atoms with Crippen molar-refractivity contribution in [2.45, 2.75) is 13.1 Å². The van der Waals surface area contributed by atoms with Gasteiger partial charge < -0.3 is 4.42 Å². The maximum Gasteiger partial charge on any atom is 0.229 e. The molecule has 4 rings (SSSR count). The molecule has 26 heavy (non-hydrogen) atoms. The van der Waals surface area contributed by atoms with E-state index in [4.69, 9.17) is 4.42 Å². The van der Waals surface area contributed by atoms with Crippen LogP contribution < -0.4 is 0 Å². The zero-order valence-corrected chi connectivity index (χ0v) is 14.5. The molecule has 4 aromatic rings.